The number of nitrogens with zero attached hydrogens (tertiary/aromatic N) is 1. The minimum absolute atomic E-state index is 0.222. The zero-order valence-electron chi connectivity index (χ0n) is 12.3. The lowest BCUT2D eigenvalue weighted by Gasteiger charge is -2.36. The third-order valence-electron chi connectivity index (χ3n) is 4.14. The van der Waals surface area contributed by atoms with Crippen LogP contribution in [0.5, 0.6) is 0 Å². The first kappa shape index (κ1) is 16.0. The fourth-order valence-corrected chi connectivity index (χ4v) is 3.04. The molecular formula is C13H26ClNO2Si. The number of likely N-dealkylation sites (tertiary alicyclic amines) is 1. The number of rotatable bonds is 5. The molecule has 0 radical (unpaired) electrons. The summed E-state index contributed by atoms with van der Waals surface area (Å²) in [5.41, 5.74) is 0. The molecule has 1 saturated heterocycles. The van der Waals surface area contributed by atoms with Gasteiger partial charge in [0.25, 0.3) is 0 Å². The molecular weight excluding hydrogens is 266 g/mol. The average Bonchev–Trinajstić information content (AvgIpc) is 2.58. The SMILES string of the molecule is CC(C)(C)[Si](C)(C)OCCN1CC(CCl)CC1=O. The Balaban J connectivity index is 2.37. The molecule has 1 aliphatic heterocycles. The first-order valence-corrected chi connectivity index (χ1v) is 10.1. The number of halogens is 1. The topological polar surface area (TPSA) is 29.5 Å². The van der Waals surface area contributed by atoms with Crippen molar-refractivity contribution in [2.24, 2.45) is 5.92 Å². The minimum Gasteiger partial charge on any atom is -0.415 e. The number of hydrogen-bond acceptors (Lipinski definition) is 2. The molecule has 1 rings (SSSR count). The lowest BCUT2D eigenvalue weighted by atomic mass is 10.2. The molecule has 106 valence electrons. The van der Waals surface area contributed by atoms with E-state index >= 15 is 0 Å². The summed E-state index contributed by atoms with van der Waals surface area (Å²) in [5, 5.41) is 0.223. The van der Waals surface area contributed by atoms with Crippen molar-refractivity contribution in [3.05, 3.63) is 0 Å². The summed E-state index contributed by atoms with van der Waals surface area (Å²) >= 11 is 5.80. The van der Waals surface area contributed by atoms with Crippen LogP contribution in [0.1, 0.15) is 27.2 Å². The lowest BCUT2D eigenvalue weighted by Crippen LogP contribution is -2.43. The summed E-state index contributed by atoms with van der Waals surface area (Å²) in [6, 6.07) is 0. The molecule has 5 heteroatoms. The zero-order chi connectivity index (χ0) is 14.0. The Kier molecular flexibility index (Phi) is 5.27. The second-order valence-corrected chi connectivity index (χ2v) is 11.8. The number of alkyl halides is 1. The highest BCUT2D eigenvalue weighted by atomic mass is 35.5. The molecule has 1 aliphatic rings. The first-order chi connectivity index (χ1) is 8.17. The molecule has 0 saturated carbocycles. The molecule has 1 fully saturated rings. The van der Waals surface area contributed by atoms with E-state index in [1.165, 1.54) is 0 Å². The molecule has 1 unspecified atom stereocenters. The van der Waals surface area contributed by atoms with Crippen molar-refractivity contribution in [2.75, 3.05) is 25.6 Å². The molecule has 1 atom stereocenters. The normalized spacial score (nSPS) is 21.8. The molecule has 3 nitrogen and oxygen atoms in total. The summed E-state index contributed by atoms with van der Waals surface area (Å²) in [7, 11) is -1.69. The van der Waals surface area contributed by atoms with E-state index in [0.29, 0.717) is 31.4 Å². The van der Waals surface area contributed by atoms with E-state index in [1.54, 1.807) is 0 Å². The van der Waals surface area contributed by atoms with Gasteiger partial charge in [-0.3, -0.25) is 4.79 Å². The Bertz CT molecular complexity index is 302. The van der Waals surface area contributed by atoms with Crippen LogP contribution in [-0.2, 0) is 9.22 Å². The highest BCUT2D eigenvalue weighted by Crippen LogP contribution is 2.36. The van der Waals surface area contributed by atoms with Crippen molar-refractivity contribution in [1.29, 1.82) is 0 Å². The summed E-state index contributed by atoms with van der Waals surface area (Å²) in [6.07, 6.45) is 0.601. The third kappa shape index (κ3) is 3.97. The second-order valence-electron chi connectivity index (χ2n) is 6.67. The Morgan fingerprint density at radius 1 is 1.44 bits per heavy atom. The molecule has 1 amide bonds. The van der Waals surface area contributed by atoms with Gasteiger partial charge in [0.05, 0.1) is 6.61 Å². The molecule has 0 aliphatic carbocycles. The monoisotopic (exact) mass is 291 g/mol. The van der Waals surface area contributed by atoms with Crippen LogP contribution in [0.2, 0.25) is 18.1 Å². The maximum Gasteiger partial charge on any atom is 0.223 e. The van der Waals surface area contributed by atoms with Gasteiger partial charge < -0.3 is 9.33 Å². The van der Waals surface area contributed by atoms with E-state index in [0.717, 1.165) is 6.54 Å². The van der Waals surface area contributed by atoms with Gasteiger partial charge in [-0.2, -0.15) is 0 Å². The van der Waals surface area contributed by atoms with E-state index in [4.69, 9.17) is 16.0 Å². The van der Waals surface area contributed by atoms with Crippen LogP contribution >= 0.6 is 11.6 Å². The Hall–Kier alpha value is -0.0631. The summed E-state index contributed by atoms with van der Waals surface area (Å²) < 4.78 is 6.09. The molecule has 0 bridgehead atoms. The van der Waals surface area contributed by atoms with Crippen molar-refractivity contribution in [3.8, 4) is 0 Å². The smallest absolute Gasteiger partial charge is 0.223 e. The van der Waals surface area contributed by atoms with E-state index in [9.17, 15) is 4.79 Å². The highest BCUT2D eigenvalue weighted by Gasteiger charge is 2.37. The van der Waals surface area contributed by atoms with Gasteiger partial charge in [0.15, 0.2) is 8.32 Å². The number of carbonyl (C=O) groups excluding carboxylic acids is 1. The van der Waals surface area contributed by atoms with Crippen molar-refractivity contribution in [3.63, 3.8) is 0 Å². The van der Waals surface area contributed by atoms with Crippen LogP contribution < -0.4 is 0 Å². The Labute approximate surface area is 117 Å². The second kappa shape index (κ2) is 5.93. The average molecular weight is 292 g/mol. The minimum atomic E-state index is -1.69. The maximum absolute atomic E-state index is 11.7. The number of hydrogen-bond donors (Lipinski definition) is 0. The van der Waals surface area contributed by atoms with Gasteiger partial charge in [-0.25, -0.2) is 0 Å². The van der Waals surface area contributed by atoms with Gasteiger partial charge in [0.1, 0.15) is 0 Å². The van der Waals surface area contributed by atoms with E-state index in [2.05, 4.69) is 33.9 Å². The lowest BCUT2D eigenvalue weighted by molar-refractivity contribution is -0.128. The maximum atomic E-state index is 11.7. The fraction of sp³-hybridized carbons (Fsp3) is 0.923. The van der Waals surface area contributed by atoms with Gasteiger partial charge >= 0.3 is 0 Å². The van der Waals surface area contributed by atoms with Crippen LogP contribution in [0.4, 0.5) is 0 Å². The fourth-order valence-electron chi connectivity index (χ4n) is 1.80. The zero-order valence-corrected chi connectivity index (χ0v) is 14.0. The molecule has 0 aromatic rings. The molecule has 0 N–H and O–H groups in total. The Morgan fingerprint density at radius 3 is 2.50 bits per heavy atom. The number of amides is 1. The Morgan fingerprint density at radius 2 is 2.06 bits per heavy atom. The molecule has 0 spiro atoms. The van der Waals surface area contributed by atoms with Crippen molar-refractivity contribution in [1.82, 2.24) is 4.90 Å². The van der Waals surface area contributed by atoms with Crippen molar-refractivity contribution in [2.45, 2.75) is 45.3 Å². The van der Waals surface area contributed by atoms with Crippen LogP contribution in [0.25, 0.3) is 0 Å². The van der Waals surface area contributed by atoms with Crippen LogP contribution in [0, 0.1) is 5.92 Å². The van der Waals surface area contributed by atoms with Crippen molar-refractivity contribution >= 4 is 25.8 Å². The molecule has 1 heterocycles. The summed E-state index contributed by atoms with van der Waals surface area (Å²) in [6.45, 7) is 13.3. The van der Waals surface area contributed by atoms with Crippen LogP contribution in [-0.4, -0.2) is 44.7 Å². The van der Waals surface area contributed by atoms with E-state index < -0.39 is 8.32 Å². The first-order valence-electron chi connectivity index (χ1n) is 6.65. The predicted molar refractivity (Wildman–Crippen MR) is 78.6 cm³/mol. The van der Waals surface area contributed by atoms with Gasteiger partial charge in [-0.05, 0) is 24.1 Å². The van der Waals surface area contributed by atoms with Gasteiger partial charge in [0, 0.05) is 25.4 Å². The van der Waals surface area contributed by atoms with Gasteiger partial charge in [0.2, 0.25) is 5.91 Å². The predicted octanol–water partition coefficient (Wildman–Crippen LogP) is 3.10. The summed E-state index contributed by atoms with van der Waals surface area (Å²) in [4.78, 5) is 13.6. The van der Waals surface area contributed by atoms with Gasteiger partial charge in [-0.15, -0.1) is 11.6 Å². The highest BCUT2D eigenvalue weighted by molar-refractivity contribution is 6.74. The van der Waals surface area contributed by atoms with Gasteiger partial charge in [-0.1, -0.05) is 20.8 Å². The van der Waals surface area contributed by atoms with Crippen molar-refractivity contribution < 1.29 is 9.22 Å². The van der Waals surface area contributed by atoms with E-state index in [-0.39, 0.29) is 10.9 Å². The standard InChI is InChI=1S/C13H26ClNO2Si/c1-13(2,3)18(4,5)17-7-6-15-10-11(9-14)8-12(15)16/h11H,6-10H2,1-5H3. The summed E-state index contributed by atoms with van der Waals surface area (Å²) in [5.74, 6) is 1.12. The van der Waals surface area contributed by atoms with Crippen LogP contribution in [0.3, 0.4) is 0 Å². The number of carbonyl (C=O) groups is 1. The van der Waals surface area contributed by atoms with Crippen LogP contribution in [0.15, 0.2) is 0 Å². The molecule has 0 aromatic heterocycles. The molecule has 18 heavy (non-hydrogen) atoms. The van der Waals surface area contributed by atoms with E-state index in [1.807, 2.05) is 4.90 Å². The largest absolute Gasteiger partial charge is 0.415 e. The molecule has 0 aromatic carbocycles. The quantitative estimate of drug-likeness (QED) is 0.575. The third-order valence-corrected chi connectivity index (χ3v) is 9.12.